The molecule has 0 saturated heterocycles. The first-order valence-electron chi connectivity index (χ1n) is 6.53. The van der Waals surface area contributed by atoms with E-state index in [0.29, 0.717) is 0 Å². The van der Waals surface area contributed by atoms with E-state index in [-0.39, 0.29) is 11.9 Å². The van der Waals surface area contributed by atoms with Gasteiger partial charge in [-0.1, -0.05) is 26.0 Å². The van der Waals surface area contributed by atoms with Crippen molar-refractivity contribution >= 4 is 6.01 Å². The van der Waals surface area contributed by atoms with Crippen LogP contribution in [0.25, 0.3) is 11.3 Å². The number of nitrogen functional groups attached to an aromatic ring is 1. The summed E-state index contributed by atoms with van der Waals surface area (Å²) in [5.41, 5.74) is 10.6. The number of hydrogen-bond donors (Lipinski definition) is 1. The zero-order chi connectivity index (χ0) is 12.7. The molecule has 0 saturated carbocycles. The number of aryl methyl sites for hydroxylation is 2. The highest BCUT2D eigenvalue weighted by molar-refractivity contribution is 5.65. The standard InChI is InChI=1S/C15H18N2O/c1-9(2)14-13(17-15(16)18-14)12-7-6-10-4-3-5-11(10)8-12/h6-9H,3-5H2,1-2H3,(H2,16,17). The fourth-order valence-electron chi connectivity index (χ4n) is 2.67. The van der Waals surface area contributed by atoms with Gasteiger partial charge < -0.3 is 10.2 Å². The molecule has 0 radical (unpaired) electrons. The SMILES string of the molecule is CC(C)c1oc(N)nc1-c1ccc2c(c1)CCC2. The van der Waals surface area contributed by atoms with Crippen molar-refractivity contribution in [1.29, 1.82) is 0 Å². The fourth-order valence-corrected chi connectivity index (χ4v) is 2.67. The van der Waals surface area contributed by atoms with E-state index in [9.17, 15) is 0 Å². The minimum Gasteiger partial charge on any atom is -0.428 e. The van der Waals surface area contributed by atoms with Crippen LogP contribution in [0.4, 0.5) is 6.01 Å². The number of fused-ring (bicyclic) bond motifs is 1. The molecule has 1 aromatic heterocycles. The lowest BCUT2D eigenvalue weighted by Crippen LogP contribution is -1.91. The summed E-state index contributed by atoms with van der Waals surface area (Å²) < 4.78 is 5.52. The maximum atomic E-state index is 5.69. The van der Waals surface area contributed by atoms with Crippen LogP contribution in [0.15, 0.2) is 22.6 Å². The second-order valence-corrected chi connectivity index (χ2v) is 5.26. The predicted molar refractivity (Wildman–Crippen MR) is 72.5 cm³/mol. The molecule has 3 nitrogen and oxygen atoms in total. The van der Waals surface area contributed by atoms with Crippen LogP contribution in [0.1, 0.15) is 43.1 Å². The average molecular weight is 242 g/mol. The minimum absolute atomic E-state index is 0.259. The smallest absolute Gasteiger partial charge is 0.292 e. The highest BCUT2D eigenvalue weighted by atomic mass is 16.4. The molecule has 2 aromatic rings. The number of nitrogens with zero attached hydrogens (tertiary/aromatic N) is 1. The van der Waals surface area contributed by atoms with E-state index in [4.69, 9.17) is 10.2 Å². The molecule has 0 amide bonds. The number of oxazole rings is 1. The second kappa shape index (κ2) is 4.16. The van der Waals surface area contributed by atoms with Gasteiger partial charge in [0.15, 0.2) is 0 Å². The van der Waals surface area contributed by atoms with Gasteiger partial charge in [0.05, 0.1) is 0 Å². The molecule has 1 heterocycles. The first-order chi connectivity index (χ1) is 8.65. The highest BCUT2D eigenvalue weighted by Crippen LogP contribution is 2.33. The Kier molecular flexibility index (Phi) is 2.62. The van der Waals surface area contributed by atoms with Crippen molar-refractivity contribution in [3.8, 4) is 11.3 Å². The lowest BCUT2D eigenvalue weighted by molar-refractivity contribution is 0.500. The lowest BCUT2D eigenvalue weighted by atomic mass is 10.0. The third-order valence-electron chi connectivity index (χ3n) is 3.57. The summed E-state index contributed by atoms with van der Waals surface area (Å²) in [6.07, 6.45) is 3.64. The van der Waals surface area contributed by atoms with Gasteiger partial charge in [0.1, 0.15) is 11.5 Å². The zero-order valence-corrected chi connectivity index (χ0v) is 10.9. The molecule has 1 aromatic carbocycles. The fraction of sp³-hybridized carbons (Fsp3) is 0.400. The largest absolute Gasteiger partial charge is 0.428 e. The molecule has 0 atom stereocenters. The molecular formula is C15H18N2O. The molecule has 0 unspecified atom stereocenters. The van der Waals surface area contributed by atoms with Crippen molar-refractivity contribution in [2.75, 3.05) is 5.73 Å². The average Bonchev–Trinajstić information content (AvgIpc) is 2.93. The van der Waals surface area contributed by atoms with Crippen molar-refractivity contribution in [2.24, 2.45) is 0 Å². The Hall–Kier alpha value is -1.77. The molecule has 0 fully saturated rings. The van der Waals surface area contributed by atoms with Crippen molar-refractivity contribution in [3.63, 3.8) is 0 Å². The van der Waals surface area contributed by atoms with Gasteiger partial charge in [-0.05, 0) is 36.5 Å². The number of aromatic nitrogens is 1. The van der Waals surface area contributed by atoms with E-state index in [1.54, 1.807) is 0 Å². The van der Waals surface area contributed by atoms with Crippen molar-refractivity contribution in [3.05, 3.63) is 35.1 Å². The van der Waals surface area contributed by atoms with Gasteiger partial charge in [-0.15, -0.1) is 0 Å². The van der Waals surface area contributed by atoms with E-state index < -0.39 is 0 Å². The topological polar surface area (TPSA) is 52.0 Å². The molecule has 0 bridgehead atoms. The van der Waals surface area contributed by atoms with Crippen molar-refractivity contribution in [1.82, 2.24) is 4.98 Å². The molecule has 3 heteroatoms. The van der Waals surface area contributed by atoms with Gasteiger partial charge in [-0.2, -0.15) is 4.98 Å². The third-order valence-corrected chi connectivity index (χ3v) is 3.57. The van der Waals surface area contributed by atoms with Crippen LogP contribution in [0.3, 0.4) is 0 Å². The summed E-state index contributed by atoms with van der Waals surface area (Å²) >= 11 is 0. The predicted octanol–water partition coefficient (Wildman–Crippen LogP) is 3.54. The number of hydrogen-bond acceptors (Lipinski definition) is 3. The summed E-state index contributed by atoms with van der Waals surface area (Å²) in [4.78, 5) is 4.34. The maximum Gasteiger partial charge on any atom is 0.292 e. The monoisotopic (exact) mass is 242 g/mol. The molecular weight excluding hydrogens is 224 g/mol. The van der Waals surface area contributed by atoms with E-state index in [1.807, 2.05) is 0 Å². The van der Waals surface area contributed by atoms with Crippen LogP contribution >= 0.6 is 0 Å². The molecule has 2 N–H and O–H groups in total. The molecule has 94 valence electrons. The van der Waals surface area contributed by atoms with Gasteiger partial charge in [0, 0.05) is 11.5 Å². The minimum atomic E-state index is 0.259. The number of rotatable bonds is 2. The van der Waals surface area contributed by atoms with Crippen molar-refractivity contribution < 1.29 is 4.42 Å². The first kappa shape index (κ1) is 11.3. The van der Waals surface area contributed by atoms with Gasteiger partial charge in [-0.25, -0.2) is 0 Å². The van der Waals surface area contributed by atoms with E-state index in [2.05, 4.69) is 37.0 Å². The van der Waals surface area contributed by atoms with E-state index in [0.717, 1.165) is 17.0 Å². The summed E-state index contributed by atoms with van der Waals surface area (Å²) in [6.45, 7) is 4.19. The van der Waals surface area contributed by atoms with Crippen LogP contribution < -0.4 is 5.73 Å². The van der Waals surface area contributed by atoms with Gasteiger partial charge in [0.25, 0.3) is 6.01 Å². The van der Waals surface area contributed by atoms with E-state index >= 15 is 0 Å². The molecule has 1 aliphatic rings. The first-order valence-corrected chi connectivity index (χ1v) is 6.53. The van der Waals surface area contributed by atoms with E-state index in [1.165, 1.54) is 30.4 Å². The zero-order valence-electron chi connectivity index (χ0n) is 10.9. The molecule has 0 spiro atoms. The van der Waals surface area contributed by atoms with Gasteiger partial charge >= 0.3 is 0 Å². The normalized spacial score (nSPS) is 14.2. The molecule has 1 aliphatic carbocycles. The third kappa shape index (κ3) is 1.80. The molecule has 0 aliphatic heterocycles. The summed E-state index contributed by atoms with van der Waals surface area (Å²) in [6, 6.07) is 6.85. The number of anilines is 1. The Balaban J connectivity index is 2.09. The lowest BCUT2D eigenvalue weighted by Gasteiger charge is -2.06. The molecule has 3 rings (SSSR count). The number of nitrogens with two attached hydrogens (primary N) is 1. The Morgan fingerprint density at radius 3 is 2.78 bits per heavy atom. The summed E-state index contributed by atoms with van der Waals surface area (Å²) in [5, 5.41) is 0. The summed E-state index contributed by atoms with van der Waals surface area (Å²) in [5.74, 6) is 1.17. The van der Waals surface area contributed by atoms with Crippen LogP contribution in [0.5, 0.6) is 0 Å². The Labute approximate surface area is 107 Å². The van der Waals surface area contributed by atoms with Crippen LogP contribution in [-0.4, -0.2) is 4.98 Å². The van der Waals surface area contributed by atoms with Gasteiger partial charge in [0.2, 0.25) is 0 Å². The maximum absolute atomic E-state index is 5.69. The Morgan fingerprint density at radius 2 is 2.00 bits per heavy atom. The van der Waals surface area contributed by atoms with Crippen LogP contribution in [0, 0.1) is 0 Å². The number of benzene rings is 1. The summed E-state index contributed by atoms with van der Waals surface area (Å²) in [7, 11) is 0. The highest BCUT2D eigenvalue weighted by Gasteiger charge is 2.18. The Morgan fingerprint density at radius 1 is 1.22 bits per heavy atom. The van der Waals surface area contributed by atoms with Crippen LogP contribution in [-0.2, 0) is 12.8 Å². The van der Waals surface area contributed by atoms with Crippen molar-refractivity contribution in [2.45, 2.75) is 39.0 Å². The Bertz CT molecular complexity index is 584. The molecule has 18 heavy (non-hydrogen) atoms. The van der Waals surface area contributed by atoms with Gasteiger partial charge in [-0.3, -0.25) is 0 Å². The quantitative estimate of drug-likeness (QED) is 0.876. The second-order valence-electron chi connectivity index (χ2n) is 5.26. The van der Waals surface area contributed by atoms with Crippen LogP contribution in [0.2, 0.25) is 0 Å².